The number of ether oxygens (including phenoxy) is 2. The van der Waals surface area contributed by atoms with E-state index in [4.69, 9.17) is 9.47 Å². The van der Waals surface area contributed by atoms with E-state index in [-0.39, 0.29) is 12.2 Å². The third-order valence-electron chi connectivity index (χ3n) is 2.63. The van der Waals surface area contributed by atoms with Crippen molar-refractivity contribution in [1.82, 2.24) is 0 Å². The van der Waals surface area contributed by atoms with Gasteiger partial charge in [0.15, 0.2) is 0 Å². The van der Waals surface area contributed by atoms with Gasteiger partial charge in [-0.25, -0.2) is 0 Å². The molecular formula is C18H22O2S. The van der Waals surface area contributed by atoms with Crippen molar-refractivity contribution in [3.05, 3.63) is 48.5 Å². The van der Waals surface area contributed by atoms with E-state index in [1.165, 1.54) is 4.90 Å². The molecule has 2 rings (SSSR count). The van der Waals surface area contributed by atoms with Crippen molar-refractivity contribution < 1.29 is 9.47 Å². The lowest BCUT2D eigenvalue weighted by atomic mass is 10.3. The van der Waals surface area contributed by atoms with Crippen LogP contribution >= 0.6 is 11.8 Å². The summed E-state index contributed by atoms with van der Waals surface area (Å²) in [6, 6.07) is 16.3. The highest BCUT2D eigenvalue weighted by Gasteiger charge is 2.14. The summed E-state index contributed by atoms with van der Waals surface area (Å²) < 4.78 is 11.9. The predicted octanol–water partition coefficient (Wildman–Crippen LogP) is 5.41. The van der Waals surface area contributed by atoms with Crippen molar-refractivity contribution in [2.24, 2.45) is 0 Å². The molecule has 0 aliphatic heterocycles. The molecule has 0 N–H and O–H groups in total. The number of rotatable bonds is 6. The highest BCUT2D eigenvalue weighted by Crippen LogP contribution is 2.42. The molecule has 0 saturated carbocycles. The van der Waals surface area contributed by atoms with Crippen molar-refractivity contribution in [2.45, 2.75) is 49.7 Å². The standard InChI is InChI=1S/C18H22O2S/c1-13(2)19-16-11-8-12-17(20-14(3)4)18(16)21-15-9-6-5-7-10-15/h5-14H,1-4H3. The molecule has 0 atom stereocenters. The molecule has 21 heavy (non-hydrogen) atoms. The van der Waals surface area contributed by atoms with Crippen molar-refractivity contribution in [3.63, 3.8) is 0 Å². The molecule has 0 aliphatic carbocycles. The molecule has 0 unspecified atom stereocenters. The van der Waals surface area contributed by atoms with Crippen LogP contribution in [0.25, 0.3) is 0 Å². The summed E-state index contributed by atoms with van der Waals surface area (Å²) in [4.78, 5) is 2.21. The lowest BCUT2D eigenvalue weighted by Crippen LogP contribution is -2.09. The maximum Gasteiger partial charge on any atom is 0.137 e. The highest BCUT2D eigenvalue weighted by atomic mass is 32.2. The second-order valence-electron chi connectivity index (χ2n) is 5.33. The Balaban J connectivity index is 2.37. The van der Waals surface area contributed by atoms with E-state index >= 15 is 0 Å². The van der Waals surface area contributed by atoms with Gasteiger partial charge in [-0.1, -0.05) is 36.0 Å². The van der Waals surface area contributed by atoms with Gasteiger partial charge < -0.3 is 9.47 Å². The zero-order valence-corrected chi connectivity index (χ0v) is 13.8. The minimum absolute atomic E-state index is 0.134. The molecule has 0 bridgehead atoms. The van der Waals surface area contributed by atoms with Crippen molar-refractivity contribution in [3.8, 4) is 11.5 Å². The molecule has 0 heterocycles. The molecule has 0 radical (unpaired) electrons. The monoisotopic (exact) mass is 302 g/mol. The molecular weight excluding hydrogens is 280 g/mol. The average molecular weight is 302 g/mol. The lowest BCUT2D eigenvalue weighted by Gasteiger charge is -2.19. The molecule has 0 aromatic heterocycles. The quantitative estimate of drug-likeness (QED) is 0.710. The first kappa shape index (κ1) is 15.8. The molecule has 0 spiro atoms. The van der Waals surface area contributed by atoms with Crippen LogP contribution in [0.3, 0.4) is 0 Å². The van der Waals surface area contributed by atoms with Gasteiger partial charge in [0.2, 0.25) is 0 Å². The summed E-state index contributed by atoms with van der Waals surface area (Å²) in [7, 11) is 0. The topological polar surface area (TPSA) is 18.5 Å². The van der Waals surface area contributed by atoms with E-state index in [2.05, 4.69) is 12.1 Å². The Kier molecular flexibility index (Phi) is 5.57. The Morgan fingerprint density at radius 2 is 1.24 bits per heavy atom. The van der Waals surface area contributed by atoms with Crippen molar-refractivity contribution in [1.29, 1.82) is 0 Å². The fourth-order valence-electron chi connectivity index (χ4n) is 1.90. The van der Waals surface area contributed by atoms with Crippen molar-refractivity contribution >= 4 is 11.8 Å². The lowest BCUT2D eigenvalue weighted by molar-refractivity contribution is 0.218. The number of hydrogen-bond donors (Lipinski definition) is 0. The first-order valence-electron chi connectivity index (χ1n) is 7.25. The van der Waals surface area contributed by atoms with E-state index in [1.54, 1.807) is 11.8 Å². The van der Waals surface area contributed by atoms with Crippen LogP contribution in [-0.4, -0.2) is 12.2 Å². The van der Waals surface area contributed by atoms with Gasteiger partial charge in [0.1, 0.15) is 11.5 Å². The summed E-state index contributed by atoms with van der Waals surface area (Å²) >= 11 is 1.67. The highest BCUT2D eigenvalue weighted by molar-refractivity contribution is 7.99. The normalized spacial score (nSPS) is 11.0. The number of benzene rings is 2. The maximum atomic E-state index is 5.94. The van der Waals surface area contributed by atoms with Crippen molar-refractivity contribution in [2.75, 3.05) is 0 Å². The first-order valence-corrected chi connectivity index (χ1v) is 8.07. The van der Waals surface area contributed by atoms with Crippen LogP contribution in [0.1, 0.15) is 27.7 Å². The smallest absolute Gasteiger partial charge is 0.137 e. The second kappa shape index (κ2) is 7.41. The van der Waals surface area contributed by atoms with E-state index in [9.17, 15) is 0 Å². The first-order chi connectivity index (χ1) is 10.1. The van der Waals surface area contributed by atoms with Gasteiger partial charge in [-0.05, 0) is 52.0 Å². The molecule has 0 amide bonds. The molecule has 0 saturated heterocycles. The predicted molar refractivity (Wildman–Crippen MR) is 88.5 cm³/mol. The molecule has 2 nitrogen and oxygen atoms in total. The van der Waals surface area contributed by atoms with Crippen LogP contribution in [-0.2, 0) is 0 Å². The fraction of sp³-hybridized carbons (Fsp3) is 0.333. The largest absolute Gasteiger partial charge is 0.490 e. The van der Waals surface area contributed by atoms with Crippen LogP contribution in [0, 0.1) is 0 Å². The summed E-state index contributed by atoms with van der Waals surface area (Å²) in [6.45, 7) is 8.14. The van der Waals surface area contributed by atoms with Crippen LogP contribution in [0.4, 0.5) is 0 Å². The third-order valence-corrected chi connectivity index (χ3v) is 3.75. The summed E-state index contributed by atoms with van der Waals surface area (Å²) in [5, 5.41) is 0. The van der Waals surface area contributed by atoms with Gasteiger partial charge in [-0.15, -0.1) is 0 Å². The van der Waals surface area contributed by atoms with Gasteiger partial charge >= 0.3 is 0 Å². The zero-order chi connectivity index (χ0) is 15.2. The molecule has 0 fully saturated rings. The molecule has 2 aromatic rings. The van der Waals surface area contributed by atoms with E-state index < -0.39 is 0 Å². The van der Waals surface area contributed by atoms with Crippen LogP contribution in [0.15, 0.2) is 58.3 Å². The Bertz CT molecular complexity index is 536. The van der Waals surface area contributed by atoms with Crippen LogP contribution < -0.4 is 9.47 Å². The molecule has 3 heteroatoms. The second-order valence-corrected chi connectivity index (χ2v) is 6.42. The average Bonchev–Trinajstić information content (AvgIpc) is 2.42. The Labute approximate surface area is 131 Å². The molecule has 2 aromatic carbocycles. The Morgan fingerprint density at radius 1 is 0.714 bits per heavy atom. The Morgan fingerprint density at radius 3 is 1.71 bits per heavy atom. The minimum atomic E-state index is 0.134. The Hall–Kier alpha value is -1.61. The summed E-state index contributed by atoms with van der Waals surface area (Å²) in [5.41, 5.74) is 0. The zero-order valence-electron chi connectivity index (χ0n) is 13.0. The third kappa shape index (κ3) is 4.71. The fourth-order valence-corrected chi connectivity index (χ4v) is 2.86. The summed E-state index contributed by atoms with van der Waals surface area (Å²) in [6.07, 6.45) is 0.267. The number of hydrogen-bond acceptors (Lipinski definition) is 3. The van der Waals surface area contributed by atoms with E-state index in [1.807, 2.05) is 64.1 Å². The minimum Gasteiger partial charge on any atom is -0.490 e. The van der Waals surface area contributed by atoms with Gasteiger partial charge in [0.05, 0.1) is 17.1 Å². The van der Waals surface area contributed by atoms with Gasteiger partial charge in [-0.3, -0.25) is 0 Å². The van der Waals surface area contributed by atoms with Gasteiger partial charge in [-0.2, -0.15) is 0 Å². The molecule has 0 aliphatic rings. The van der Waals surface area contributed by atoms with Gasteiger partial charge in [0.25, 0.3) is 0 Å². The van der Waals surface area contributed by atoms with Gasteiger partial charge in [0, 0.05) is 4.90 Å². The summed E-state index contributed by atoms with van der Waals surface area (Å²) in [5.74, 6) is 1.74. The van der Waals surface area contributed by atoms with Crippen LogP contribution in [0.5, 0.6) is 11.5 Å². The maximum absolute atomic E-state index is 5.94. The van der Waals surface area contributed by atoms with E-state index in [0.29, 0.717) is 0 Å². The van der Waals surface area contributed by atoms with E-state index in [0.717, 1.165) is 16.4 Å². The van der Waals surface area contributed by atoms with Crippen LogP contribution in [0.2, 0.25) is 0 Å². The molecule has 112 valence electrons. The SMILES string of the molecule is CC(C)Oc1cccc(OC(C)C)c1Sc1ccccc1.